The monoisotopic (exact) mass is 236 g/mol. The Labute approximate surface area is 89.3 Å². The molecule has 1 aliphatic rings. The van der Waals surface area contributed by atoms with Crippen LogP contribution in [0.4, 0.5) is 0 Å². The fourth-order valence-corrected chi connectivity index (χ4v) is 3.97. The SMILES string of the molecule is COCC(C(=O)O)S(=O)(=O)C1CCCC1. The van der Waals surface area contributed by atoms with Crippen molar-refractivity contribution in [2.24, 2.45) is 0 Å². The number of carbonyl (C=O) groups is 1. The summed E-state index contributed by atoms with van der Waals surface area (Å²) < 4.78 is 28.5. The molecule has 1 N–H and O–H groups in total. The Hall–Kier alpha value is -0.620. The minimum atomic E-state index is -3.59. The summed E-state index contributed by atoms with van der Waals surface area (Å²) in [7, 11) is -2.28. The standard InChI is InChI=1S/C9H16O5S/c1-14-6-8(9(10)11)15(12,13)7-4-2-3-5-7/h7-8H,2-6H2,1H3,(H,10,11). The highest BCUT2D eigenvalue weighted by molar-refractivity contribution is 7.93. The van der Waals surface area contributed by atoms with Crippen LogP contribution in [0.5, 0.6) is 0 Å². The summed E-state index contributed by atoms with van der Waals surface area (Å²) in [6, 6.07) is 0. The first-order chi connectivity index (χ1) is 7.00. The summed E-state index contributed by atoms with van der Waals surface area (Å²) >= 11 is 0. The molecule has 0 saturated heterocycles. The Morgan fingerprint density at radius 3 is 2.40 bits per heavy atom. The zero-order chi connectivity index (χ0) is 11.5. The van der Waals surface area contributed by atoms with E-state index in [-0.39, 0.29) is 6.61 Å². The van der Waals surface area contributed by atoms with Gasteiger partial charge in [-0.05, 0) is 12.8 Å². The molecule has 6 heteroatoms. The van der Waals surface area contributed by atoms with Crippen LogP contribution in [-0.4, -0.2) is 43.7 Å². The third kappa shape index (κ3) is 2.69. The molecule has 0 amide bonds. The van der Waals surface area contributed by atoms with Crippen LogP contribution in [0.15, 0.2) is 0 Å². The minimum Gasteiger partial charge on any atom is -0.480 e. The van der Waals surface area contributed by atoms with Gasteiger partial charge >= 0.3 is 5.97 Å². The molecule has 0 spiro atoms. The van der Waals surface area contributed by atoms with Crippen molar-refractivity contribution < 1.29 is 23.1 Å². The van der Waals surface area contributed by atoms with Crippen molar-refractivity contribution in [1.29, 1.82) is 0 Å². The average molecular weight is 236 g/mol. The van der Waals surface area contributed by atoms with Gasteiger partial charge in [0.05, 0.1) is 11.9 Å². The Morgan fingerprint density at radius 1 is 1.47 bits per heavy atom. The first-order valence-electron chi connectivity index (χ1n) is 4.94. The summed E-state index contributed by atoms with van der Waals surface area (Å²) in [5.74, 6) is -1.32. The molecule has 1 rings (SSSR count). The number of carboxylic acids is 1. The summed E-state index contributed by atoms with van der Waals surface area (Å²) in [6.07, 6.45) is 2.89. The minimum absolute atomic E-state index is 0.270. The number of hydrogen-bond donors (Lipinski definition) is 1. The number of sulfone groups is 1. The summed E-state index contributed by atoms with van der Waals surface area (Å²) in [4.78, 5) is 10.8. The van der Waals surface area contributed by atoms with E-state index in [4.69, 9.17) is 5.11 Å². The lowest BCUT2D eigenvalue weighted by atomic mass is 10.4. The zero-order valence-electron chi connectivity index (χ0n) is 8.68. The molecule has 1 fully saturated rings. The first-order valence-corrected chi connectivity index (χ1v) is 6.55. The van der Waals surface area contributed by atoms with E-state index in [0.717, 1.165) is 12.8 Å². The summed E-state index contributed by atoms with van der Waals surface area (Å²) in [6.45, 7) is -0.270. The van der Waals surface area contributed by atoms with Gasteiger partial charge in [-0.1, -0.05) is 12.8 Å². The normalized spacial score (nSPS) is 20.3. The second-order valence-electron chi connectivity index (χ2n) is 3.78. The Kier molecular flexibility index (Phi) is 4.10. The quantitative estimate of drug-likeness (QED) is 0.749. The van der Waals surface area contributed by atoms with Crippen LogP contribution in [0, 0.1) is 0 Å². The van der Waals surface area contributed by atoms with Crippen LogP contribution < -0.4 is 0 Å². The molecule has 1 unspecified atom stereocenters. The van der Waals surface area contributed by atoms with Gasteiger partial charge in [0.25, 0.3) is 0 Å². The molecule has 0 aromatic heterocycles. The van der Waals surface area contributed by atoms with Crippen molar-refractivity contribution in [3.8, 4) is 0 Å². The molecular formula is C9H16O5S. The second-order valence-corrected chi connectivity index (χ2v) is 6.19. The van der Waals surface area contributed by atoms with E-state index in [2.05, 4.69) is 4.74 Å². The number of methoxy groups -OCH3 is 1. The number of aliphatic carboxylic acids is 1. The molecule has 0 aromatic carbocycles. The molecule has 88 valence electrons. The van der Waals surface area contributed by atoms with E-state index in [1.165, 1.54) is 7.11 Å². The van der Waals surface area contributed by atoms with Crippen molar-refractivity contribution in [3.05, 3.63) is 0 Å². The maximum absolute atomic E-state index is 11.9. The van der Waals surface area contributed by atoms with Crippen LogP contribution >= 0.6 is 0 Å². The highest BCUT2D eigenvalue weighted by atomic mass is 32.2. The third-order valence-corrected chi connectivity index (χ3v) is 5.29. The molecule has 1 atom stereocenters. The first kappa shape index (κ1) is 12.4. The topological polar surface area (TPSA) is 80.7 Å². The summed E-state index contributed by atoms with van der Waals surface area (Å²) in [5, 5.41) is 6.94. The van der Waals surface area contributed by atoms with Crippen LogP contribution in [0.1, 0.15) is 25.7 Å². The summed E-state index contributed by atoms with van der Waals surface area (Å²) in [5.41, 5.74) is 0. The third-order valence-electron chi connectivity index (χ3n) is 2.76. The molecule has 1 saturated carbocycles. The van der Waals surface area contributed by atoms with Gasteiger partial charge in [0, 0.05) is 7.11 Å². The van der Waals surface area contributed by atoms with Crippen molar-refractivity contribution in [2.75, 3.05) is 13.7 Å². The Morgan fingerprint density at radius 2 is 2.00 bits per heavy atom. The molecule has 0 radical (unpaired) electrons. The number of ether oxygens (including phenoxy) is 1. The highest BCUT2D eigenvalue weighted by Gasteiger charge is 2.39. The van der Waals surface area contributed by atoms with Gasteiger partial charge in [-0.25, -0.2) is 8.42 Å². The average Bonchev–Trinajstić information content (AvgIpc) is 2.66. The predicted molar refractivity (Wildman–Crippen MR) is 54.5 cm³/mol. The van der Waals surface area contributed by atoms with Gasteiger partial charge < -0.3 is 9.84 Å². The molecule has 15 heavy (non-hydrogen) atoms. The van der Waals surface area contributed by atoms with Crippen LogP contribution in [-0.2, 0) is 19.4 Å². The van der Waals surface area contributed by atoms with E-state index >= 15 is 0 Å². The molecule has 5 nitrogen and oxygen atoms in total. The fourth-order valence-electron chi connectivity index (χ4n) is 1.91. The van der Waals surface area contributed by atoms with E-state index < -0.39 is 26.3 Å². The van der Waals surface area contributed by atoms with Gasteiger partial charge in [-0.3, -0.25) is 4.79 Å². The van der Waals surface area contributed by atoms with E-state index in [9.17, 15) is 13.2 Å². The molecule has 0 heterocycles. The molecular weight excluding hydrogens is 220 g/mol. The van der Waals surface area contributed by atoms with Crippen molar-refractivity contribution in [3.63, 3.8) is 0 Å². The van der Waals surface area contributed by atoms with E-state index in [1.807, 2.05) is 0 Å². The Balaban J connectivity index is 2.84. The van der Waals surface area contributed by atoms with Crippen LogP contribution in [0.25, 0.3) is 0 Å². The van der Waals surface area contributed by atoms with Gasteiger partial charge in [0.2, 0.25) is 0 Å². The predicted octanol–water partition coefficient (Wildman–Crippen LogP) is 0.443. The van der Waals surface area contributed by atoms with Crippen LogP contribution in [0.3, 0.4) is 0 Å². The fraction of sp³-hybridized carbons (Fsp3) is 0.889. The maximum atomic E-state index is 11.9. The van der Waals surface area contributed by atoms with Crippen LogP contribution in [0.2, 0.25) is 0 Å². The van der Waals surface area contributed by atoms with E-state index in [1.54, 1.807) is 0 Å². The smallest absolute Gasteiger partial charge is 0.324 e. The van der Waals surface area contributed by atoms with Crippen molar-refractivity contribution in [1.82, 2.24) is 0 Å². The molecule has 0 aliphatic heterocycles. The van der Waals surface area contributed by atoms with E-state index in [0.29, 0.717) is 12.8 Å². The molecule has 0 aromatic rings. The van der Waals surface area contributed by atoms with Gasteiger partial charge in [0.15, 0.2) is 15.1 Å². The Bertz CT molecular complexity index is 315. The highest BCUT2D eigenvalue weighted by Crippen LogP contribution is 2.27. The zero-order valence-corrected chi connectivity index (χ0v) is 9.50. The van der Waals surface area contributed by atoms with Gasteiger partial charge in [-0.2, -0.15) is 0 Å². The van der Waals surface area contributed by atoms with Crippen molar-refractivity contribution in [2.45, 2.75) is 36.2 Å². The number of hydrogen-bond acceptors (Lipinski definition) is 4. The second kappa shape index (κ2) is 4.94. The lowest BCUT2D eigenvalue weighted by Gasteiger charge is -2.17. The maximum Gasteiger partial charge on any atom is 0.324 e. The number of rotatable bonds is 5. The molecule has 1 aliphatic carbocycles. The van der Waals surface area contributed by atoms with Gasteiger partial charge in [-0.15, -0.1) is 0 Å². The lowest BCUT2D eigenvalue weighted by molar-refractivity contribution is -0.137. The number of carboxylic acid groups (broad SMARTS) is 1. The van der Waals surface area contributed by atoms with Crippen molar-refractivity contribution >= 4 is 15.8 Å². The molecule has 0 bridgehead atoms. The largest absolute Gasteiger partial charge is 0.480 e. The van der Waals surface area contributed by atoms with Gasteiger partial charge in [0.1, 0.15) is 0 Å². The lowest BCUT2D eigenvalue weighted by Crippen LogP contribution is -2.39.